The van der Waals surface area contributed by atoms with Crippen LogP contribution in [0.25, 0.3) is 11.1 Å². The largest absolute Gasteiger partial charge is 0.494 e. The van der Waals surface area contributed by atoms with Crippen LogP contribution in [0.5, 0.6) is 5.75 Å². The molecule has 0 aromatic heterocycles. The predicted molar refractivity (Wildman–Crippen MR) is 142 cm³/mol. The molecule has 2 bridgehead atoms. The minimum absolute atomic E-state index is 0.0681. The molecular weight excluding hydrogens is 428 g/mol. The summed E-state index contributed by atoms with van der Waals surface area (Å²) in [6.45, 7) is 5.23. The average molecular weight is 469 g/mol. The molecule has 0 atom stereocenters. The molecule has 3 saturated carbocycles. The van der Waals surface area contributed by atoms with Crippen molar-refractivity contribution in [3.05, 3.63) is 53.1 Å². The van der Waals surface area contributed by atoms with Gasteiger partial charge in [0.2, 0.25) is 0 Å². The number of hydrogen-bond donors (Lipinski definition) is 0. The lowest BCUT2D eigenvalue weighted by Gasteiger charge is -2.54. The molecule has 3 fully saturated rings. The quantitative estimate of drug-likeness (QED) is 0.309. The molecule has 0 N–H and O–H groups in total. The molecular formula is C32H40N2O. The molecule has 3 aliphatic carbocycles. The molecule has 0 aliphatic heterocycles. The molecule has 0 unspecified atom stereocenters. The topological polar surface area (TPSA) is 56.8 Å². The SMILES string of the molecule is CCCCCCOc1ccc(-c2ccc(C34CCC(CCCC)(CC3)CC4)c(C#N)c2C#N)cc1. The van der Waals surface area contributed by atoms with Crippen molar-refractivity contribution in [2.24, 2.45) is 5.41 Å². The second-order valence-corrected chi connectivity index (χ2v) is 11.0. The van der Waals surface area contributed by atoms with Gasteiger partial charge in [0, 0.05) is 5.56 Å². The van der Waals surface area contributed by atoms with E-state index in [1.807, 2.05) is 24.3 Å². The van der Waals surface area contributed by atoms with Gasteiger partial charge in [-0.3, -0.25) is 0 Å². The summed E-state index contributed by atoms with van der Waals surface area (Å²) in [6.07, 6.45) is 15.9. The summed E-state index contributed by atoms with van der Waals surface area (Å²) in [5, 5.41) is 20.3. The van der Waals surface area contributed by atoms with Crippen LogP contribution in [0.15, 0.2) is 36.4 Å². The fraction of sp³-hybridized carbons (Fsp3) is 0.562. The highest BCUT2D eigenvalue weighted by Gasteiger charge is 2.49. The Morgan fingerprint density at radius 2 is 1.40 bits per heavy atom. The van der Waals surface area contributed by atoms with Crippen LogP contribution in [-0.4, -0.2) is 6.61 Å². The Kier molecular flexibility index (Phi) is 8.18. The standard InChI is InChI=1S/C32H40N2O/c1-3-5-7-8-22-35-26-11-9-25(10-12-26)27-13-14-30(29(24-34)28(27)23-33)32-19-16-31(17-20-32,18-21-32)15-6-4-2/h9-14H,3-8,15-22H2,1-2H3. The Morgan fingerprint density at radius 3 is 2.00 bits per heavy atom. The first-order chi connectivity index (χ1) is 17.1. The van der Waals surface area contributed by atoms with Crippen molar-refractivity contribution in [1.29, 1.82) is 10.5 Å². The van der Waals surface area contributed by atoms with E-state index in [-0.39, 0.29) is 5.41 Å². The zero-order valence-electron chi connectivity index (χ0n) is 21.7. The molecule has 35 heavy (non-hydrogen) atoms. The third kappa shape index (κ3) is 5.26. The number of nitriles is 2. The summed E-state index contributed by atoms with van der Waals surface area (Å²) in [4.78, 5) is 0. The molecule has 5 rings (SSSR count). The number of benzene rings is 2. The van der Waals surface area contributed by atoms with Gasteiger partial charge in [-0.1, -0.05) is 70.2 Å². The minimum Gasteiger partial charge on any atom is -0.494 e. The lowest BCUT2D eigenvalue weighted by Crippen LogP contribution is -2.44. The molecule has 3 heteroatoms. The van der Waals surface area contributed by atoms with Crippen molar-refractivity contribution in [3.8, 4) is 29.0 Å². The Hall–Kier alpha value is -2.78. The van der Waals surface area contributed by atoms with Gasteiger partial charge < -0.3 is 4.74 Å². The second-order valence-electron chi connectivity index (χ2n) is 11.0. The van der Waals surface area contributed by atoms with Gasteiger partial charge in [0.05, 0.1) is 17.7 Å². The molecule has 0 radical (unpaired) electrons. The third-order valence-corrected chi connectivity index (χ3v) is 8.89. The van der Waals surface area contributed by atoms with Crippen molar-refractivity contribution < 1.29 is 4.74 Å². The summed E-state index contributed by atoms with van der Waals surface area (Å²) in [7, 11) is 0. The van der Waals surface area contributed by atoms with E-state index in [1.54, 1.807) is 0 Å². The van der Waals surface area contributed by atoms with E-state index in [2.05, 4.69) is 38.1 Å². The smallest absolute Gasteiger partial charge is 0.119 e. The van der Waals surface area contributed by atoms with Crippen LogP contribution in [0.2, 0.25) is 0 Å². The predicted octanol–water partition coefficient (Wildman–Crippen LogP) is 8.84. The summed E-state index contributed by atoms with van der Waals surface area (Å²) in [5.74, 6) is 0.857. The van der Waals surface area contributed by atoms with Gasteiger partial charge in [-0.15, -0.1) is 0 Å². The van der Waals surface area contributed by atoms with Gasteiger partial charge in [0.25, 0.3) is 0 Å². The molecule has 0 spiro atoms. The third-order valence-electron chi connectivity index (χ3n) is 8.89. The molecule has 0 heterocycles. The number of hydrogen-bond acceptors (Lipinski definition) is 3. The number of ether oxygens (including phenoxy) is 1. The lowest BCUT2D eigenvalue weighted by atomic mass is 9.50. The van der Waals surface area contributed by atoms with Crippen molar-refractivity contribution in [1.82, 2.24) is 0 Å². The lowest BCUT2D eigenvalue weighted by molar-refractivity contribution is 0.0307. The molecule has 2 aromatic rings. The van der Waals surface area contributed by atoms with Gasteiger partial charge in [-0.25, -0.2) is 0 Å². The minimum atomic E-state index is 0.0681. The van der Waals surface area contributed by atoms with Crippen LogP contribution in [0.4, 0.5) is 0 Å². The Labute approximate surface area is 212 Å². The van der Waals surface area contributed by atoms with E-state index in [4.69, 9.17) is 4.74 Å². The van der Waals surface area contributed by atoms with Gasteiger partial charge >= 0.3 is 0 Å². The van der Waals surface area contributed by atoms with E-state index in [1.165, 1.54) is 57.8 Å². The monoisotopic (exact) mass is 468 g/mol. The number of unbranched alkanes of at least 4 members (excludes halogenated alkanes) is 4. The summed E-state index contributed by atoms with van der Waals surface area (Å²) >= 11 is 0. The van der Waals surface area contributed by atoms with Crippen LogP contribution in [-0.2, 0) is 5.41 Å². The maximum absolute atomic E-state index is 10.2. The number of fused-ring (bicyclic) bond motifs is 3. The number of rotatable bonds is 11. The highest BCUT2D eigenvalue weighted by atomic mass is 16.5. The van der Waals surface area contributed by atoms with E-state index in [0.29, 0.717) is 16.5 Å². The molecule has 0 amide bonds. The van der Waals surface area contributed by atoms with Crippen molar-refractivity contribution >= 4 is 0 Å². The first kappa shape index (κ1) is 25.3. The molecule has 0 saturated heterocycles. The van der Waals surface area contributed by atoms with E-state index < -0.39 is 0 Å². The maximum atomic E-state index is 10.2. The molecule has 3 nitrogen and oxygen atoms in total. The normalized spacial score (nSPS) is 23.0. The maximum Gasteiger partial charge on any atom is 0.119 e. The highest BCUT2D eigenvalue weighted by Crippen LogP contribution is 2.60. The second kappa shape index (κ2) is 11.3. The van der Waals surface area contributed by atoms with Gasteiger partial charge in [0.1, 0.15) is 17.9 Å². The van der Waals surface area contributed by atoms with E-state index >= 15 is 0 Å². The zero-order chi connectivity index (χ0) is 24.7. The fourth-order valence-electron chi connectivity index (χ4n) is 6.56. The number of nitrogens with zero attached hydrogens (tertiary/aromatic N) is 2. The zero-order valence-corrected chi connectivity index (χ0v) is 21.7. The summed E-state index contributed by atoms with van der Waals surface area (Å²) < 4.78 is 5.89. The Bertz CT molecular complexity index is 1060. The van der Waals surface area contributed by atoms with Crippen molar-refractivity contribution in [3.63, 3.8) is 0 Å². The Morgan fingerprint density at radius 1 is 0.743 bits per heavy atom. The first-order valence-electron chi connectivity index (χ1n) is 13.8. The van der Waals surface area contributed by atoms with E-state index in [9.17, 15) is 10.5 Å². The van der Waals surface area contributed by atoms with Crippen molar-refractivity contribution in [2.45, 2.75) is 103 Å². The van der Waals surface area contributed by atoms with Crippen LogP contribution in [0.1, 0.15) is 114 Å². The molecule has 184 valence electrons. The van der Waals surface area contributed by atoms with Gasteiger partial charge in [-0.2, -0.15) is 10.5 Å². The van der Waals surface area contributed by atoms with Gasteiger partial charge in [-0.05, 0) is 85.5 Å². The first-order valence-corrected chi connectivity index (χ1v) is 13.8. The summed E-state index contributed by atoms with van der Waals surface area (Å²) in [5.41, 5.74) is 4.66. The fourth-order valence-corrected chi connectivity index (χ4v) is 6.56. The van der Waals surface area contributed by atoms with E-state index in [0.717, 1.165) is 54.7 Å². The Balaban J connectivity index is 1.54. The highest BCUT2D eigenvalue weighted by molar-refractivity contribution is 5.75. The molecule has 3 aliphatic rings. The average Bonchev–Trinajstić information content (AvgIpc) is 2.92. The molecule has 2 aromatic carbocycles. The van der Waals surface area contributed by atoms with Crippen LogP contribution in [0.3, 0.4) is 0 Å². The van der Waals surface area contributed by atoms with Crippen LogP contribution in [0, 0.1) is 28.1 Å². The van der Waals surface area contributed by atoms with Gasteiger partial charge in [0.15, 0.2) is 0 Å². The van der Waals surface area contributed by atoms with Crippen LogP contribution >= 0.6 is 0 Å². The van der Waals surface area contributed by atoms with Crippen molar-refractivity contribution in [2.75, 3.05) is 6.61 Å². The van der Waals surface area contributed by atoms with Crippen LogP contribution < -0.4 is 4.74 Å². The summed E-state index contributed by atoms with van der Waals surface area (Å²) in [6, 6.07) is 17.1.